The Kier molecular flexibility index (Phi) is 6.51. The molecule has 0 bridgehead atoms. The molecule has 9 heteroatoms. The summed E-state index contributed by atoms with van der Waals surface area (Å²) in [6.07, 6.45) is 6.28. The molecule has 0 radical (unpaired) electrons. The second-order valence-corrected chi connectivity index (χ2v) is 10.4. The molecule has 174 valence electrons. The number of hydrogen-bond donors (Lipinski definition) is 2. The zero-order valence-corrected chi connectivity index (χ0v) is 18.3. The third-order valence-electron chi connectivity index (χ3n) is 6.36. The molecule has 2 N–H and O–H groups in total. The highest BCUT2D eigenvalue weighted by Crippen LogP contribution is 2.49. The van der Waals surface area contributed by atoms with E-state index < -0.39 is 34.0 Å². The van der Waals surface area contributed by atoms with Gasteiger partial charge in [-0.1, -0.05) is 30.4 Å². The number of benzene rings is 1. The molecule has 1 fully saturated rings. The Bertz CT molecular complexity index is 1020. The minimum atomic E-state index is -4.45. The van der Waals surface area contributed by atoms with Crippen LogP contribution in [0.5, 0.6) is 0 Å². The first-order valence-corrected chi connectivity index (χ1v) is 12.4. The van der Waals surface area contributed by atoms with E-state index in [0.717, 1.165) is 25.0 Å². The predicted octanol–water partition coefficient (Wildman–Crippen LogP) is 4.57. The molecule has 1 aromatic carbocycles. The molecular formula is C23H27F3N2O3S. The van der Waals surface area contributed by atoms with Crippen LogP contribution in [0.3, 0.4) is 0 Å². The second kappa shape index (κ2) is 9.03. The first kappa shape index (κ1) is 23.1. The summed E-state index contributed by atoms with van der Waals surface area (Å²) in [4.78, 5) is 0. The molecule has 1 aromatic rings. The van der Waals surface area contributed by atoms with E-state index in [1.54, 1.807) is 0 Å². The molecular weight excluding hydrogens is 441 g/mol. The highest BCUT2D eigenvalue weighted by atomic mass is 32.2. The van der Waals surface area contributed by atoms with Crippen LogP contribution in [-0.4, -0.2) is 32.9 Å². The van der Waals surface area contributed by atoms with Gasteiger partial charge in [0, 0.05) is 35.7 Å². The molecule has 1 saturated heterocycles. The van der Waals surface area contributed by atoms with Gasteiger partial charge in [-0.3, -0.25) is 0 Å². The van der Waals surface area contributed by atoms with E-state index in [1.165, 1.54) is 12.1 Å². The SMILES string of the molecule is C=CCS(=O)(=O)NC[C@H]1CC[C@@H]2[C@H](O1)c1cc(C(F)(F)F)ccc1N[C@H]2C1C=CC=CC1. The number of anilines is 1. The Balaban J connectivity index is 1.61. The van der Waals surface area contributed by atoms with Crippen molar-refractivity contribution < 1.29 is 26.3 Å². The van der Waals surface area contributed by atoms with Gasteiger partial charge in [0.05, 0.1) is 23.5 Å². The lowest BCUT2D eigenvalue weighted by Crippen LogP contribution is -2.48. The second-order valence-electron chi connectivity index (χ2n) is 8.52. The summed E-state index contributed by atoms with van der Waals surface area (Å²) in [7, 11) is -3.50. The Morgan fingerprint density at radius 1 is 1.25 bits per heavy atom. The number of ether oxygens (including phenoxy) is 1. The van der Waals surface area contributed by atoms with Crippen molar-refractivity contribution in [3.8, 4) is 0 Å². The lowest BCUT2D eigenvalue weighted by Gasteiger charge is -2.47. The van der Waals surface area contributed by atoms with Gasteiger partial charge < -0.3 is 10.1 Å². The third kappa shape index (κ3) is 4.94. The van der Waals surface area contributed by atoms with Crippen LogP contribution in [0, 0.1) is 11.8 Å². The van der Waals surface area contributed by atoms with E-state index in [9.17, 15) is 21.6 Å². The molecule has 5 atom stereocenters. The molecule has 2 aliphatic heterocycles. The molecule has 0 amide bonds. The monoisotopic (exact) mass is 468 g/mol. The van der Waals surface area contributed by atoms with Crippen LogP contribution in [0.4, 0.5) is 18.9 Å². The number of allylic oxidation sites excluding steroid dienone is 3. The van der Waals surface area contributed by atoms with Gasteiger partial charge in [0.25, 0.3) is 0 Å². The summed E-state index contributed by atoms with van der Waals surface area (Å²) >= 11 is 0. The van der Waals surface area contributed by atoms with Crippen molar-refractivity contribution in [2.24, 2.45) is 11.8 Å². The number of fused-ring (bicyclic) bond motifs is 3. The van der Waals surface area contributed by atoms with Gasteiger partial charge in [0.1, 0.15) is 0 Å². The van der Waals surface area contributed by atoms with Crippen LogP contribution in [0.25, 0.3) is 0 Å². The van der Waals surface area contributed by atoms with Crippen molar-refractivity contribution in [3.05, 3.63) is 66.3 Å². The first-order valence-electron chi connectivity index (χ1n) is 10.7. The minimum absolute atomic E-state index is 0.0174. The molecule has 0 aromatic heterocycles. The third-order valence-corrected chi connectivity index (χ3v) is 7.64. The van der Waals surface area contributed by atoms with E-state index in [-0.39, 0.29) is 30.2 Å². The topological polar surface area (TPSA) is 67.4 Å². The molecule has 0 spiro atoms. The lowest BCUT2D eigenvalue weighted by molar-refractivity contribution is -0.138. The number of halogens is 3. The predicted molar refractivity (Wildman–Crippen MR) is 118 cm³/mol. The summed E-state index contributed by atoms with van der Waals surface area (Å²) in [5.41, 5.74) is 0.406. The average Bonchev–Trinajstić information content (AvgIpc) is 2.76. The summed E-state index contributed by atoms with van der Waals surface area (Å²) in [5.74, 6) is -0.0146. The fraction of sp³-hybridized carbons (Fsp3) is 0.478. The summed E-state index contributed by atoms with van der Waals surface area (Å²) in [5, 5.41) is 3.48. The molecule has 4 rings (SSSR count). The van der Waals surface area contributed by atoms with Crippen LogP contribution in [0.1, 0.15) is 36.5 Å². The summed E-state index contributed by atoms with van der Waals surface area (Å²) < 4.78 is 72.9. The Labute approximate surface area is 186 Å². The van der Waals surface area contributed by atoms with E-state index in [0.29, 0.717) is 17.7 Å². The zero-order chi connectivity index (χ0) is 22.9. The molecule has 2 heterocycles. The number of sulfonamides is 1. The molecule has 5 nitrogen and oxygen atoms in total. The maximum Gasteiger partial charge on any atom is 0.416 e. The Morgan fingerprint density at radius 3 is 2.75 bits per heavy atom. The van der Waals surface area contributed by atoms with Crippen LogP contribution >= 0.6 is 0 Å². The zero-order valence-electron chi connectivity index (χ0n) is 17.5. The summed E-state index contributed by atoms with van der Waals surface area (Å²) in [6.45, 7) is 3.52. The van der Waals surface area contributed by atoms with Crippen LogP contribution < -0.4 is 10.0 Å². The number of nitrogens with one attached hydrogen (secondary N) is 2. The fourth-order valence-corrected chi connectivity index (χ4v) is 5.71. The van der Waals surface area contributed by atoms with Gasteiger partial charge in [0.2, 0.25) is 10.0 Å². The van der Waals surface area contributed by atoms with E-state index >= 15 is 0 Å². The summed E-state index contributed by atoms with van der Waals surface area (Å²) in [6, 6.07) is 3.74. The number of hydrogen-bond acceptors (Lipinski definition) is 4. The van der Waals surface area contributed by atoms with E-state index in [1.807, 2.05) is 12.2 Å². The lowest BCUT2D eigenvalue weighted by atomic mass is 9.73. The molecule has 3 aliphatic rings. The van der Waals surface area contributed by atoms with Gasteiger partial charge in [-0.25, -0.2) is 13.1 Å². The highest BCUT2D eigenvalue weighted by molar-refractivity contribution is 7.89. The molecule has 1 aliphatic carbocycles. The van der Waals surface area contributed by atoms with Gasteiger partial charge in [-0.2, -0.15) is 13.2 Å². The van der Waals surface area contributed by atoms with Gasteiger partial charge in [0.15, 0.2) is 0 Å². The number of rotatable bonds is 6. The largest absolute Gasteiger partial charge is 0.416 e. The maximum atomic E-state index is 13.4. The van der Waals surface area contributed by atoms with Crippen molar-refractivity contribution in [2.75, 3.05) is 17.6 Å². The first-order chi connectivity index (χ1) is 15.2. The van der Waals surface area contributed by atoms with Crippen molar-refractivity contribution in [1.82, 2.24) is 4.72 Å². The van der Waals surface area contributed by atoms with Gasteiger partial charge in [-0.05, 0) is 37.5 Å². The van der Waals surface area contributed by atoms with Gasteiger partial charge >= 0.3 is 6.18 Å². The van der Waals surface area contributed by atoms with Crippen molar-refractivity contribution in [1.29, 1.82) is 0 Å². The van der Waals surface area contributed by atoms with Crippen LogP contribution in [-0.2, 0) is 20.9 Å². The maximum absolute atomic E-state index is 13.4. The average molecular weight is 469 g/mol. The smallest absolute Gasteiger partial charge is 0.381 e. The van der Waals surface area contributed by atoms with Crippen molar-refractivity contribution in [3.63, 3.8) is 0 Å². The molecule has 32 heavy (non-hydrogen) atoms. The standard InChI is InChI=1S/C23H27F3N2O3S/c1-2-12-32(29,30)27-14-17-9-10-18-21(15-6-4-3-5-7-15)28-20-11-8-16(23(24,25)26)13-19(20)22(18)31-17/h2-6,8,11,13,15,17-18,21-22,27-28H,1,7,9-10,12,14H2/t15?,17-,18+,21+,22+/m1/s1. The Hall–Kier alpha value is -2.10. The minimum Gasteiger partial charge on any atom is -0.381 e. The molecule has 0 saturated carbocycles. The van der Waals surface area contributed by atoms with E-state index in [2.05, 4.69) is 28.8 Å². The van der Waals surface area contributed by atoms with E-state index in [4.69, 9.17) is 4.74 Å². The quantitative estimate of drug-likeness (QED) is 0.600. The molecule has 1 unspecified atom stereocenters. The van der Waals surface area contributed by atoms with Crippen molar-refractivity contribution in [2.45, 2.75) is 43.7 Å². The highest BCUT2D eigenvalue weighted by Gasteiger charge is 2.45. The van der Waals surface area contributed by atoms with Crippen molar-refractivity contribution >= 4 is 15.7 Å². The van der Waals surface area contributed by atoms with Crippen LogP contribution in [0.2, 0.25) is 0 Å². The fourth-order valence-electron chi connectivity index (χ4n) is 4.85. The Morgan fingerprint density at radius 2 is 2.06 bits per heavy atom. The van der Waals surface area contributed by atoms with Gasteiger partial charge in [-0.15, -0.1) is 6.58 Å². The van der Waals surface area contributed by atoms with Crippen LogP contribution in [0.15, 0.2) is 55.2 Å². The number of alkyl halides is 3. The normalized spacial score (nSPS) is 29.7.